The van der Waals surface area contributed by atoms with Crippen LogP contribution in [0.15, 0.2) is 34.9 Å². The number of rotatable bonds is 4. The molecule has 0 aliphatic rings. The summed E-state index contributed by atoms with van der Waals surface area (Å²) in [6.45, 7) is 3.54. The van der Waals surface area contributed by atoms with Crippen LogP contribution < -0.4 is 10.6 Å². The van der Waals surface area contributed by atoms with Crippen molar-refractivity contribution in [2.24, 2.45) is 0 Å². The van der Waals surface area contributed by atoms with Crippen LogP contribution >= 0.6 is 11.6 Å². The Labute approximate surface area is 115 Å². The molecular formula is C13H14ClN3O2. The molecule has 0 aliphatic carbocycles. The monoisotopic (exact) mass is 279 g/mol. The molecule has 0 saturated carbocycles. The van der Waals surface area contributed by atoms with E-state index in [1.165, 1.54) is 0 Å². The number of carbonyl (C=O) groups is 1. The van der Waals surface area contributed by atoms with E-state index < -0.39 is 6.04 Å². The first-order valence-corrected chi connectivity index (χ1v) is 6.18. The van der Waals surface area contributed by atoms with Gasteiger partial charge in [0.05, 0.1) is 5.69 Å². The Hall–Kier alpha value is -2.01. The summed E-state index contributed by atoms with van der Waals surface area (Å²) in [5.74, 6) is 0.137. The van der Waals surface area contributed by atoms with Crippen LogP contribution in [0.2, 0.25) is 5.02 Å². The highest BCUT2D eigenvalue weighted by atomic mass is 35.5. The lowest BCUT2D eigenvalue weighted by atomic mass is 10.2. The highest BCUT2D eigenvalue weighted by molar-refractivity contribution is 6.30. The minimum absolute atomic E-state index is 0.203. The summed E-state index contributed by atoms with van der Waals surface area (Å²) in [6, 6.07) is 8.39. The number of nitrogens with one attached hydrogen (secondary N) is 2. The summed E-state index contributed by atoms with van der Waals surface area (Å²) in [5, 5.41) is 10.1. The molecule has 2 rings (SSSR count). The van der Waals surface area contributed by atoms with E-state index in [4.69, 9.17) is 16.1 Å². The van der Waals surface area contributed by atoms with Crippen molar-refractivity contribution in [1.29, 1.82) is 0 Å². The van der Waals surface area contributed by atoms with Crippen molar-refractivity contribution in [3.63, 3.8) is 0 Å². The van der Waals surface area contributed by atoms with Gasteiger partial charge in [0.25, 0.3) is 0 Å². The Kier molecular flexibility index (Phi) is 4.06. The fraction of sp³-hybridized carbons (Fsp3) is 0.231. The Morgan fingerprint density at radius 3 is 2.63 bits per heavy atom. The lowest BCUT2D eigenvalue weighted by Gasteiger charge is -2.13. The van der Waals surface area contributed by atoms with Crippen LogP contribution in [-0.4, -0.2) is 17.1 Å². The third-order valence-corrected chi connectivity index (χ3v) is 2.75. The molecule has 0 aliphatic heterocycles. The number of nitrogens with zero attached hydrogens (tertiary/aromatic N) is 1. The van der Waals surface area contributed by atoms with Crippen LogP contribution in [0.1, 0.15) is 12.6 Å². The number of aromatic nitrogens is 1. The van der Waals surface area contributed by atoms with E-state index in [0.29, 0.717) is 16.6 Å². The average molecular weight is 280 g/mol. The minimum atomic E-state index is -0.411. The molecule has 1 aromatic heterocycles. The molecule has 19 heavy (non-hydrogen) atoms. The van der Waals surface area contributed by atoms with Crippen molar-refractivity contribution in [3.8, 4) is 0 Å². The smallest absolute Gasteiger partial charge is 0.248 e. The van der Waals surface area contributed by atoms with E-state index in [-0.39, 0.29) is 5.91 Å². The predicted molar refractivity (Wildman–Crippen MR) is 74.4 cm³/mol. The predicted octanol–water partition coefficient (Wildman–Crippen LogP) is 3.08. The molecule has 5 nitrogen and oxygen atoms in total. The highest BCUT2D eigenvalue weighted by Gasteiger charge is 2.14. The summed E-state index contributed by atoms with van der Waals surface area (Å²) in [6.07, 6.45) is 0. The van der Waals surface area contributed by atoms with E-state index in [0.717, 1.165) is 5.69 Å². The lowest BCUT2D eigenvalue weighted by molar-refractivity contribution is -0.116. The van der Waals surface area contributed by atoms with Crippen LogP contribution in [0, 0.1) is 6.92 Å². The fourth-order valence-electron chi connectivity index (χ4n) is 1.51. The standard InChI is InChI=1S/C13H14ClN3O2/c1-8-7-12(19-17-8)16-13(18)9(2)15-11-5-3-10(14)4-6-11/h3-7,9,15H,1-2H3,(H,16,18)/t9-/m1/s1. The van der Waals surface area contributed by atoms with Crippen molar-refractivity contribution in [2.45, 2.75) is 19.9 Å². The minimum Gasteiger partial charge on any atom is -0.374 e. The Morgan fingerprint density at radius 1 is 1.37 bits per heavy atom. The van der Waals surface area contributed by atoms with Gasteiger partial charge < -0.3 is 9.84 Å². The van der Waals surface area contributed by atoms with E-state index >= 15 is 0 Å². The summed E-state index contributed by atoms with van der Waals surface area (Å²) in [4.78, 5) is 11.9. The van der Waals surface area contributed by atoms with Gasteiger partial charge in [0.15, 0.2) is 0 Å². The zero-order valence-corrected chi connectivity index (χ0v) is 11.4. The second-order valence-electron chi connectivity index (χ2n) is 4.19. The Morgan fingerprint density at radius 2 is 2.05 bits per heavy atom. The van der Waals surface area contributed by atoms with Gasteiger partial charge in [-0.25, -0.2) is 0 Å². The molecule has 1 heterocycles. The molecule has 6 heteroatoms. The molecule has 0 radical (unpaired) electrons. The Bertz CT molecular complexity index is 566. The van der Waals surface area contributed by atoms with E-state index in [2.05, 4.69) is 15.8 Å². The molecule has 0 fully saturated rings. The normalized spacial score (nSPS) is 11.9. The second kappa shape index (κ2) is 5.75. The van der Waals surface area contributed by atoms with Gasteiger partial charge in [-0.3, -0.25) is 10.1 Å². The topological polar surface area (TPSA) is 67.2 Å². The van der Waals surface area contributed by atoms with Crippen LogP contribution in [0.3, 0.4) is 0 Å². The van der Waals surface area contributed by atoms with Crippen LogP contribution in [0.5, 0.6) is 0 Å². The molecule has 2 N–H and O–H groups in total. The molecule has 0 spiro atoms. The molecule has 0 bridgehead atoms. The van der Waals surface area contributed by atoms with Gasteiger partial charge in [0.2, 0.25) is 11.8 Å². The summed E-state index contributed by atoms with van der Waals surface area (Å²) in [7, 11) is 0. The van der Waals surface area contributed by atoms with Gasteiger partial charge in [-0.05, 0) is 38.1 Å². The van der Waals surface area contributed by atoms with Crippen LogP contribution in [-0.2, 0) is 4.79 Å². The second-order valence-corrected chi connectivity index (χ2v) is 4.63. The average Bonchev–Trinajstić information content (AvgIpc) is 2.77. The third kappa shape index (κ3) is 3.72. The molecule has 0 unspecified atom stereocenters. The number of benzene rings is 1. The quantitative estimate of drug-likeness (QED) is 0.902. The first-order chi connectivity index (χ1) is 9.04. The van der Waals surface area contributed by atoms with E-state index in [1.807, 2.05) is 12.1 Å². The largest absolute Gasteiger partial charge is 0.374 e. The number of halogens is 1. The molecular weight excluding hydrogens is 266 g/mol. The number of aryl methyl sites for hydroxylation is 1. The van der Waals surface area contributed by atoms with Crippen molar-refractivity contribution in [1.82, 2.24) is 5.16 Å². The van der Waals surface area contributed by atoms with Crippen molar-refractivity contribution >= 4 is 29.1 Å². The fourth-order valence-corrected chi connectivity index (χ4v) is 1.64. The van der Waals surface area contributed by atoms with E-state index in [1.54, 1.807) is 32.0 Å². The van der Waals surface area contributed by atoms with Crippen molar-refractivity contribution in [2.75, 3.05) is 10.6 Å². The molecule has 100 valence electrons. The van der Waals surface area contributed by atoms with Crippen LogP contribution in [0.4, 0.5) is 11.6 Å². The van der Waals surface area contributed by atoms with Crippen molar-refractivity contribution in [3.05, 3.63) is 41.0 Å². The molecule has 1 atom stereocenters. The highest BCUT2D eigenvalue weighted by Crippen LogP contribution is 2.15. The van der Waals surface area contributed by atoms with Crippen LogP contribution in [0.25, 0.3) is 0 Å². The maximum Gasteiger partial charge on any atom is 0.248 e. The van der Waals surface area contributed by atoms with Gasteiger partial charge in [0, 0.05) is 16.8 Å². The maximum absolute atomic E-state index is 11.9. The molecule has 1 aromatic carbocycles. The first-order valence-electron chi connectivity index (χ1n) is 5.81. The number of carbonyl (C=O) groups excluding carboxylic acids is 1. The zero-order chi connectivity index (χ0) is 13.8. The van der Waals surface area contributed by atoms with Gasteiger partial charge in [-0.1, -0.05) is 16.8 Å². The van der Waals surface area contributed by atoms with Gasteiger partial charge >= 0.3 is 0 Å². The lowest BCUT2D eigenvalue weighted by Crippen LogP contribution is -2.31. The SMILES string of the molecule is Cc1cc(NC(=O)[C@@H](C)Nc2ccc(Cl)cc2)on1. The first kappa shape index (κ1) is 13.4. The number of anilines is 2. The summed E-state index contributed by atoms with van der Waals surface area (Å²) in [5.41, 5.74) is 1.54. The summed E-state index contributed by atoms with van der Waals surface area (Å²) < 4.78 is 4.92. The molecule has 2 aromatic rings. The number of amides is 1. The summed E-state index contributed by atoms with van der Waals surface area (Å²) >= 11 is 5.79. The number of hydrogen-bond donors (Lipinski definition) is 2. The maximum atomic E-state index is 11.9. The number of hydrogen-bond acceptors (Lipinski definition) is 4. The third-order valence-electron chi connectivity index (χ3n) is 2.50. The van der Waals surface area contributed by atoms with Crippen molar-refractivity contribution < 1.29 is 9.32 Å². The Balaban J connectivity index is 1.94. The van der Waals surface area contributed by atoms with Gasteiger partial charge in [0.1, 0.15) is 6.04 Å². The molecule has 1 amide bonds. The zero-order valence-electron chi connectivity index (χ0n) is 10.6. The molecule has 0 saturated heterocycles. The van der Waals surface area contributed by atoms with Gasteiger partial charge in [-0.15, -0.1) is 0 Å². The van der Waals surface area contributed by atoms with E-state index in [9.17, 15) is 4.79 Å². The van der Waals surface area contributed by atoms with Gasteiger partial charge in [-0.2, -0.15) is 0 Å².